The number of nitrogens with zero attached hydrogens (tertiary/aromatic N) is 5. The van der Waals surface area contributed by atoms with E-state index in [4.69, 9.17) is 9.37 Å². The predicted molar refractivity (Wildman–Crippen MR) is 102 cm³/mol. The maximum Gasteiger partial charge on any atom is 0.230 e. The molecule has 1 aliphatic heterocycles. The molecule has 3 heterocycles. The third kappa shape index (κ3) is 3.55. The summed E-state index contributed by atoms with van der Waals surface area (Å²) in [7, 11) is 1.64. The molecule has 3 aromatic rings. The number of methoxy groups -OCH3 is 1. The lowest BCUT2D eigenvalue weighted by atomic mass is 9.74. The van der Waals surface area contributed by atoms with E-state index >= 15 is 0 Å². The summed E-state index contributed by atoms with van der Waals surface area (Å²) in [6.45, 7) is 3.22. The van der Waals surface area contributed by atoms with Crippen molar-refractivity contribution in [3.63, 3.8) is 0 Å². The molecule has 0 spiro atoms. The van der Waals surface area contributed by atoms with Crippen molar-refractivity contribution in [2.45, 2.75) is 19.9 Å². The molecule has 2 aromatic heterocycles. The van der Waals surface area contributed by atoms with Gasteiger partial charge >= 0.3 is 0 Å². The highest BCUT2D eigenvalue weighted by Gasteiger charge is 2.50. The Morgan fingerprint density at radius 3 is 2.93 bits per heavy atom. The van der Waals surface area contributed by atoms with E-state index in [0.29, 0.717) is 30.9 Å². The molecule has 4 rings (SSSR count). The van der Waals surface area contributed by atoms with Crippen LogP contribution in [0.1, 0.15) is 17.0 Å². The first-order chi connectivity index (χ1) is 13.6. The van der Waals surface area contributed by atoms with Crippen LogP contribution in [0.4, 0.5) is 5.13 Å². The number of nitrogens with one attached hydrogen (secondary N) is 1. The van der Waals surface area contributed by atoms with Crippen molar-refractivity contribution in [1.82, 2.24) is 25.8 Å². The van der Waals surface area contributed by atoms with Crippen LogP contribution in [0, 0.1) is 12.3 Å². The number of carbonyl (C=O) groups is 1. The second kappa shape index (κ2) is 7.55. The SMILES string of the molecule is COc1cccc(CC2(C(=O)NCc3nonc3C)CN(c3nncs3)C2)c1. The minimum Gasteiger partial charge on any atom is -0.497 e. The molecule has 28 heavy (non-hydrogen) atoms. The van der Waals surface area contributed by atoms with Crippen molar-refractivity contribution >= 4 is 22.4 Å². The van der Waals surface area contributed by atoms with Gasteiger partial charge in [-0.25, -0.2) is 4.63 Å². The number of carbonyl (C=O) groups excluding carboxylic acids is 1. The molecule has 1 fully saturated rings. The van der Waals surface area contributed by atoms with Gasteiger partial charge in [-0.1, -0.05) is 33.8 Å². The molecule has 9 nitrogen and oxygen atoms in total. The topological polar surface area (TPSA) is 106 Å². The normalized spacial score (nSPS) is 15.1. The average Bonchev–Trinajstić information content (AvgIpc) is 3.34. The molecule has 1 N–H and O–H groups in total. The van der Waals surface area contributed by atoms with E-state index in [0.717, 1.165) is 16.4 Å². The fourth-order valence-electron chi connectivity index (χ4n) is 3.39. The molecular formula is C18H20N6O3S. The third-order valence-corrected chi connectivity index (χ3v) is 5.68. The van der Waals surface area contributed by atoms with Gasteiger partial charge in [0.05, 0.1) is 19.1 Å². The fraction of sp³-hybridized carbons (Fsp3) is 0.389. The lowest BCUT2D eigenvalue weighted by Crippen LogP contribution is -2.64. The van der Waals surface area contributed by atoms with E-state index in [9.17, 15) is 4.79 Å². The van der Waals surface area contributed by atoms with E-state index < -0.39 is 5.41 Å². The van der Waals surface area contributed by atoms with Crippen LogP contribution in [0.25, 0.3) is 0 Å². The lowest BCUT2D eigenvalue weighted by molar-refractivity contribution is -0.132. The van der Waals surface area contributed by atoms with Crippen molar-refractivity contribution in [2.24, 2.45) is 5.41 Å². The number of amides is 1. The summed E-state index contributed by atoms with van der Waals surface area (Å²) in [4.78, 5) is 15.2. The molecule has 0 unspecified atom stereocenters. The highest BCUT2D eigenvalue weighted by Crippen LogP contribution is 2.38. The van der Waals surface area contributed by atoms with E-state index in [2.05, 4.69) is 30.7 Å². The molecule has 0 bridgehead atoms. The minimum absolute atomic E-state index is 0.0292. The zero-order chi connectivity index (χ0) is 19.6. The number of aryl methyl sites for hydroxylation is 1. The van der Waals surface area contributed by atoms with E-state index in [1.54, 1.807) is 19.5 Å². The summed E-state index contributed by atoms with van der Waals surface area (Å²) in [5.74, 6) is 0.746. The Hall–Kier alpha value is -3.01. The Morgan fingerprint density at radius 1 is 1.39 bits per heavy atom. The Bertz CT molecular complexity index is 952. The predicted octanol–water partition coefficient (Wildman–Crippen LogP) is 1.60. The zero-order valence-corrected chi connectivity index (χ0v) is 16.4. The highest BCUT2D eigenvalue weighted by molar-refractivity contribution is 7.13. The first-order valence-electron chi connectivity index (χ1n) is 8.80. The molecule has 1 aliphatic rings. The first kappa shape index (κ1) is 18.4. The van der Waals surface area contributed by atoms with Crippen LogP contribution in [-0.4, -0.2) is 46.6 Å². The molecule has 1 saturated heterocycles. The summed E-state index contributed by atoms with van der Waals surface area (Å²) in [6.07, 6.45) is 0.599. The van der Waals surface area contributed by atoms with Gasteiger partial charge in [0.25, 0.3) is 0 Å². The Balaban J connectivity index is 1.51. The molecule has 0 aliphatic carbocycles. The van der Waals surface area contributed by atoms with Crippen LogP contribution < -0.4 is 15.0 Å². The van der Waals surface area contributed by atoms with Crippen molar-refractivity contribution in [2.75, 3.05) is 25.1 Å². The van der Waals surface area contributed by atoms with Crippen molar-refractivity contribution in [3.05, 3.63) is 46.7 Å². The van der Waals surface area contributed by atoms with E-state index in [1.807, 2.05) is 24.3 Å². The van der Waals surface area contributed by atoms with Crippen LogP contribution in [0.5, 0.6) is 5.75 Å². The van der Waals surface area contributed by atoms with Crippen LogP contribution in [-0.2, 0) is 17.8 Å². The number of hydrogen-bond acceptors (Lipinski definition) is 9. The largest absolute Gasteiger partial charge is 0.497 e. The van der Waals surface area contributed by atoms with Crippen LogP contribution in [0.2, 0.25) is 0 Å². The smallest absolute Gasteiger partial charge is 0.230 e. The zero-order valence-electron chi connectivity index (χ0n) is 15.6. The standard InChI is InChI=1S/C18H20N6O3S/c1-12-15(23-27-22-12)8-19-16(25)18(7-13-4-3-5-14(6-13)26-2)9-24(10-18)17-21-20-11-28-17/h3-6,11H,7-10H2,1-2H3,(H,19,25). The van der Waals surface area contributed by atoms with E-state index in [-0.39, 0.29) is 12.5 Å². The van der Waals surface area contributed by atoms with Crippen LogP contribution >= 0.6 is 11.3 Å². The molecule has 146 valence electrons. The molecule has 1 aromatic carbocycles. The third-order valence-electron chi connectivity index (χ3n) is 4.93. The number of aromatic nitrogens is 4. The molecule has 1 amide bonds. The van der Waals surface area contributed by atoms with Gasteiger partial charge in [-0.2, -0.15) is 0 Å². The monoisotopic (exact) mass is 400 g/mol. The maximum absolute atomic E-state index is 13.1. The van der Waals surface area contributed by atoms with E-state index in [1.165, 1.54) is 11.3 Å². The van der Waals surface area contributed by atoms with Gasteiger partial charge in [-0.05, 0) is 31.0 Å². The second-order valence-corrected chi connectivity index (χ2v) is 7.68. The fourth-order valence-corrected chi connectivity index (χ4v) is 3.96. The molecule has 0 radical (unpaired) electrons. The summed E-state index contributed by atoms with van der Waals surface area (Å²) in [6, 6.07) is 7.81. The van der Waals surface area contributed by atoms with Gasteiger partial charge in [0.1, 0.15) is 22.6 Å². The molecular weight excluding hydrogens is 380 g/mol. The Labute approximate surface area is 165 Å². The molecule has 10 heteroatoms. The number of ether oxygens (including phenoxy) is 1. The van der Waals surface area contributed by atoms with Crippen molar-refractivity contribution in [3.8, 4) is 5.75 Å². The number of hydrogen-bond donors (Lipinski definition) is 1. The number of rotatable bonds is 7. The van der Waals surface area contributed by atoms with Gasteiger partial charge in [-0.3, -0.25) is 4.79 Å². The minimum atomic E-state index is -0.566. The summed E-state index contributed by atoms with van der Waals surface area (Å²) >= 11 is 1.47. The number of benzene rings is 1. The van der Waals surface area contributed by atoms with Crippen molar-refractivity contribution < 1.29 is 14.2 Å². The summed E-state index contributed by atoms with van der Waals surface area (Å²) < 4.78 is 10.0. The maximum atomic E-state index is 13.1. The van der Waals surface area contributed by atoms with Gasteiger partial charge in [0, 0.05) is 13.1 Å². The first-order valence-corrected chi connectivity index (χ1v) is 9.68. The second-order valence-electron chi connectivity index (χ2n) is 6.87. The lowest BCUT2D eigenvalue weighted by Gasteiger charge is -2.48. The molecule has 0 atom stereocenters. The van der Waals surface area contributed by atoms with Crippen molar-refractivity contribution in [1.29, 1.82) is 0 Å². The van der Waals surface area contributed by atoms with Crippen LogP contribution in [0.15, 0.2) is 34.4 Å². The summed E-state index contributed by atoms with van der Waals surface area (Å²) in [5, 5.41) is 19.4. The Kier molecular flexibility index (Phi) is 4.95. The average molecular weight is 400 g/mol. The Morgan fingerprint density at radius 2 is 2.25 bits per heavy atom. The van der Waals surface area contributed by atoms with Gasteiger partial charge < -0.3 is 15.0 Å². The van der Waals surface area contributed by atoms with Gasteiger partial charge in [0.15, 0.2) is 0 Å². The van der Waals surface area contributed by atoms with Crippen LogP contribution in [0.3, 0.4) is 0 Å². The quantitative estimate of drug-likeness (QED) is 0.637. The summed E-state index contributed by atoms with van der Waals surface area (Å²) in [5.41, 5.74) is 3.48. The number of anilines is 1. The molecule has 0 saturated carbocycles. The van der Waals surface area contributed by atoms with Gasteiger partial charge in [-0.15, -0.1) is 10.2 Å². The highest BCUT2D eigenvalue weighted by atomic mass is 32.1. The van der Waals surface area contributed by atoms with Gasteiger partial charge in [0.2, 0.25) is 11.0 Å².